The highest BCUT2D eigenvalue weighted by Crippen LogP contribution is 2.45. The van der Waals surface area contributed by atoms with Crippen LogP contribution in [-0.4, -0.2) is 24.1 Å². The number of nitriles is 3. The molecule has 0 aliphatic carbocycles. The molecule has 0 amide bonds. The van der Waals surface area contributed by atoms with Gasteiger partial charge in [0.25, 0.3) is 0 Å². The van der Waals surface area contributed by atoms with E-state index in [1.165, 1.54) is 0 Å². The fraction of sp³-hybridized carbons (Fsp3) is 0. The molecule has 0 fully saturated rings. The van der Waals surface area contributed by atoms with E-state index in [4.69, 9.17) is 15.0 Å². The highest BCUT2D eigenvalue weighted by atomic mass is 15.1. The molecule has 14 aromatic carbocycles. The lowest BCUT2D eigenvalue weighted by Gasteiger charge is -2.18. The van der Waals surface area contributed by atoms with Crippen LogP contribution in [0.15, 0.2) is 328 Å². The van der Waals surface area contributed by atoms with E-state index in [1.807, 2.05) is 115 Å². The van der Waals surface area contributed by atoms with Crippen LogP contribution < -0.4 is 0 Å². The molecule has 3 heterocycles. The largest absolute Gasteiger partial charge is 0.308 e. The van der Waals surface area contributed by atoms with E-state index < -0.39 is 0 Å². The van der Waals surface area contributed by atoms with Crippen molar-refractivity contribution in [2.45, 2.75) is 0 Å². The summed E-state index contributed by atoms with van der Waals surface area (Å²) in [6.45, 7) is 0. The average Bonchev–Trinajstić information content (AvgIpc) is 1.58. The van der Waals surface area contributed by atoms with Crippen LogP contribution >= 0.6 is 0 Å². The number of aromatic nitrogens is 5. The predicted molar refractivity (Wildman–Crippen MR) is 397 cm³/mol. The Morgan fingerprint density at radius 1 is 0.214 bits per heavy atom. The fourth-order valence-corrected chi connectivity index (χ4v) is 13.9. The smallest absolute Gasteiger partial charge is 0.166 e. The van der Waals surface area contributed by atoms with Gasteiger partial charge in [-0.05, 0) is 187 Å². The first-order valence-corrected chi connectivity index (χ1v) is 32.5. The van der Waals surface area contributed by atoms with E-state index in [0.29, 0.717) is 34.2 Å². The van der Waals surface area contributed by atoms with E-state index >= 15 is 0 Å². The Morgan fingerprint density at radius 2 is 0.520 bits per heavy atom. The molecule has 0 saturated heterocycles. The lowest BCUT2D eigenvalue weighted by Crippen LogP contribution is -2.06. The third kappa shape index (κ3) is 10.5. The first-order valence-electron chi connectivity index (χ1n) is 32.5. The fourth-order valence-electron chi connectivity index (χ4n) is 13.9. The quantitative estimate of drug-likeness (QED) is 0.120. The molecule has 0 aliphatic heterocycles. The molecule has 0 radical (unpaired) electrons. The maximum absolute atomic E-state index is 10.4. The van der Waals surface area contributed by atoms with Gasteiger partial charge in [-0.2, -0.15) is 15.8 Å². The van der Waals surface area contributed by atoms with Gasteiger partial charge in [-0.3, -0.25) is 0 Å². The molecule has 0 aliphatic rings. The van der Waals surface area contributed by atoms with Crippen LogP contribution in [0.1, 0.15) is 16.7 Å². The van der Waals surface area contributed by atoms with Crippen molar-refractivity contribution in [1.29, 1.82) is 15.8 Å². The number of hydrogen-bond acceptors (Lipinski definition) is 6. The summed E-state index contributed by atoms with van der Waals surface area (Å²) in [4.78, 5) is 17.0. The summed E-state index contributed by atoms with van der Waals surface area (Å²) in [6, 6.07) is 120. The van der Waals surface area contributed by atoms with Gasteiger partial charge in [-0.1, -0.05) is 218 Å². The zero-order valence-corrected chi connectivity index (χ0v) is 52.8. The molecule has 0 saturated carbocycles. The SMILES string of the molecule is N#Cc1ccc(-c2ccc(-c3nc(-c4cccc(-c5ccccc5C#N)c4)nc(-c4ccc(-c5ccc(C#N)cc5)cc4-n4c5ccc(-c6ccccc6)cc5c5cc(-c6ccccc6)ccc54)n3)c(-n3c4ccc(-c5ccccc5)cc4c4cc(-c5ccccc5)ccc43)c2)cc1. The topological polar surface area (TPSA) is 120 Å². The molecule has 3 aromatic heterocycles. The second kappa shape index (κ2) is 24.6. The maximum atomic E-state index is 10.4. The summed E-state index contributed by atoms with van der Waals surface area (Å²) in [7, 11) is 0. The van der Waals surface area contributed by atoms with Crippen LogP contribution in [0, 0.1) is 34.0 Å². The zero-order valence-electron chi connectivity index (χ0n) is 52.8. The van der Waals surface area contributed by atoms with Crippen LogP contribution in [0.2, 0.25) is 0 Å². The van der Waals surface area contributed by atoms with Crippen molar-refractivity contribution >= 4 is 43.6 Å². The van der Waals surface area contributed by atoms with Gasteiger partial charge >= 0.3 is 0 Å². The van der Waals surface area contributed by atoms with E-state index in [2.05, 4.69) is 240 Å². The molecule has 8 heteroatoms. The number of hydrogen-bond donors (Lipinski definition) is 0. The standard InChI is InChI=1S/C90H54N8/c91-55-58-28-32-64(33-29-58)70-36-42-76(86(53-70)97-82-44-38-66(60-16-5-1-6-17-60)49-78(82)79-50-67(39-45-83(79)97)61-18-7-2-8-19-61)89-94-88(73-26-15-25-72(48-73)75-27-14-13-24-74(75)57-93)95-90(96-89)77-43-37-71(65-34-30-59(56-92)31-35-65)54-87(77)98-84-46-40-68(62-20-9-3-10-21-62)51-80(84)81-52-69(41-47-85(81)98)63-22-11-4-12-23-63/h1-54H. The first-order chi connectivity index (χ1) is 48.4. The van der Waals surface area contributed by atoms with Gasteiger partial charge in [0.05, 0.1) is 68.3 Å². The van der Waals surface area contributed by atoms with Crippen LogP contribution in [0.5, 0.6) is 0 Å². The van der Waals surface area contributed by atoms with E-state index in [0.717, 1.165) is 150 Å². The van der Waals surface area contributed by atoms with Crippen molar-refractivity contribution in [2.24, 2.45) is 0 Å². The summed E-state index contributed by atoms with van der Waals surface area (Å²) in [6.07, 6.45) is 0. The van der Waals surface area contributed by atoms with E-state index in [9.17, 15) is 15.8 Å². The van der Waals surface area contributed by atoms with Crippen LogP contribution in [0.3, 0.4) is 0 Å². The maximum Gasteiger partial charge on any atom is 0.166 e. The molecule has 0 atom stereocenters. The van der Waals surface area contributed by atoms with Gasteiger partial charge in [0.2, 0.25) is 0 Å². The Bertz CT molecular complexity index is 5590. The molecule has 0 bridgehead atoms. The molecule has 8 nitrogen and oxygen atoms in total. The molecule has 17 aromatic rings. The van der Waals surface area contributed by atoms with Crippen LogP contribution in [0.25, 0.3) is 167 Å². The summed E-state index contributed by atoms with van der Waals surface area (Å²) in [5.74, 6) is 1.28. The first kappa shape index (κ1) is 58.0. The third-order valence-corrected chi connectivity index (χ3v) is 18.7. The Morgan fingerprint density at radius 3 is 0.898 bits per heavy atom. The van der Waals surface area contributed by atoms with Crippen LogP contribution in [0.4, 0.5) is 0 Å². The number of rotatable bonds is 12. The molecule has 0 unspecified atom stereocenters. The van der Waals surface area contributed by atoms with Crippen molar-refractivity contribution in [3.05, 3.63) is 344 Å². The summed E-state index contributed by atoms with van der Waals surface area (Å²) in [5, 5.41) is 34.7. The normalized spacial score (nSPS) is 11.2. The van der Waals surface area contributed by atoms with E-state index in [1.54, 1.807) is 0 Å². The third-order valence-electron chi connectivity index (χ3n) is 18.7. The number of fused-ring (bicyclic) bond motifs is 6. The van der Waals surface area contributed by atoms with Gasteiger partial charge in [-0.25, -0.2) is 15.0 Å². The highest BCUT2D eigenvalue weighted by Gasteiger charge is 2.25. The molecular weight excluding hydrogens is 1190 g/mol. The second-order valence-corrected chi connectivity index (χ2v) is 24.4. The number of benzene rings is 14. The average molecular weight is 1250 g/mol. The summed E-state index contributed by atoms with van der Waals surface area (Å²) >= 11 is 0. The van der Waals surface area contributed by atoms with Crippen molar-refractivity contribution in [2.75, 3.05) is 0 Å². The van der Waals surface area contributed by atoms with Gasteiger partial charge < -0.3 is 9.13 Å². The molecule has 17 rings (SSSR count). The van der Waals surface area contributed by atoms with E-state index in [-0.39, 0.29) is 0 Å². The molecular formula is C90H54N8. The lowest BCUT2D eigenvalue weighted by molar-refractivity contribution is 1.06. The van der Waals surface area contributed by atoms with Gasteiger partial charge in [0.15, 0.2) is 17.5 Å². The summed E-state index contributed by atoms with van der Waals surface area (Å²) < 4.78 is 4.70. The van der Waals surface area contributed by atoms with Crippen molar-refractivity contribution < 1.29 is 0 Å². The van der Waals surface area contributed by atoms with Gasteiger partial charge in [0, 0.05) is 38.2 Å². The number of nitrogens with zero attached hydrogens (tertiary/aromatic N) is 8. The summed E-state index contributed by atoms with van der Waals surface area (Å²) in [5.41, 5.74) is 23.7. The Balaban J connectivity index is 0.962. The van der Waals surface area contributed by atoms with Crippen molar-refractivity contribution in [3.8, 4) is 142 Å². The van der Waals surface area contributed by atoms with Crippen LogP contribution in [-0.2, 0) is 0 Å². The second-order valence-electron chi connectivity index (χ2n) is 24.4. The van der Waals surface area contributed by atoms with Gasteiger partial charge in [0.1, 0.15) is 0 Å². The monoisotopic (exact) mass is 1250 g/mol. The Hall–Kier alpha value is -13.8. The molecule has 98 heavy (non-hydrogen) atoms. The zero-order chi connectivity index (χ0) is 65.6. The Labute approximate surface area is 566 Å². The minimum atomic E-state index is 0.426. The minimum Gasteiger partial charge on any atom is -0.308 e. The molecule has 454 valence electrons. The molecule has 0 spiro atoms. The lowest BCUT2D eigenvalue weighted by atomic mass is 9.98. The molecule has 0 N–H and O–H groups in total. The minimum absolute atomic E-state index is 0.426. The van der Waals surface area contributed by atoms with Crippen molar-refractivity contribution in [1.82, 2.24) is 24.1 Å². The highest BCUT2D eigenvalue weighted by molar-refractivity contribution is 6.14. The van der Waals surface area contributed by atoms with Crippen molar-refractivity contribution in [3.63, 3.8) is 0 Å². The predicted octanol–water partition coefficient (Wildman–Crippen LogP) is 22.4. The van der Waals surface area contributed by atoms with Gasteiger partial charge in [-0.15, -0.1) is 0 Å². The Kier molecular flexibility index (Phi) is 14.5.